The largest absolute Gasteiger partial charge is 0.389 e. The van der Waals surface area contributed by atoms with E-state index in [1.807, 2.05) is 41.0 Å². The van der Waals surface area contributed by atoms with Gasteiger partial charge >= 0.3 is 0 Å². The minimum absolute atomic E-state index is 0.181. The molecule has 0 saturated heterocycles. The van der Waals surface area contributed by atoms with Gasteiger partial charge in [0.1, 0.15) is 11.7 Å². The zero-order chi connectivity index (χ0) is 21.4. The van der Waals surface area contributed by atoms with Gasteiger partial charge in [0, 0.05) is 18.3 Å². The van der Waals surface area contributed by atoms with Crippen LogP contribution in [0.4, 0.5) is 5.69 Å². The summed E-state index contributed by atoms with van der Waals surface area (Å²) in [6, 6.07) is 17.3. The number of aryl methyl sites for hydroxylation is 3. The van der Waals surface area contributed by atoms with Crippen molar-refractivity contribution in [3.63, 3.8) is 0 Å². The lowest BCUT2D eigenvalue weighted by molar-refractivity contribution is 0.169. The number of anilines is 1. The number of para-hydroxylation sites is 2. The Labute approximate surface area is 174 Å². The normalized spacial score (nSPS) is 12.2. The molecule has 0 radical (unpaired) electrons. The number of pyridine rings is 1. The van der Waals surface area contributed by atoms with Gasteiger partial charge in [-0.1, -0.05) is 18.2 Å². The number of aromatic nitrogens is 2. The summed E-state index contributed by atoms with van der Waals surface area (Å²) < 4.78 is 3.43. The van der Waals surface area contributed by atoms with E-state index in [9.17, 15) is 15.2 Å². The maximum atomic E-state index is 12.7. The van der Waals surface area contributed by atoms with Gasteiger partial charge in [0.2, 0.25) is 0 Å². The van der Waals surface area contributed by atoms with E-state index in [0.717, 1.165) is 16.7 Å². The minimum Gasteiger partial charge on any atom is -0.389 e. The molecule has 2 aromatic heterocycles. The molecule has 1 atom stereocenters. The van der Waals surface area contributed by atoms with Crippen molar-refractivity contribution in [2.24, 2.45) is 0 Å². The summed E-state index contributed by atoms with van der Waals surface area (Å²) in [6.07, 6.45) is -0.714. The zero-order valence-electron chi connectivity index (χ0n) is 17.3. The number of fused-ring (bicyclic) bond motifs is 3. The summed E-state index contributed by atoms with van der Waals surface area (Å²) in [5.74, 6) is 0. The van der Waals surface area contributed by atoms with Gasteiger partial charge in [-0.05, 0) is 61.7 Å². The highest BCUT2D eigenvalue weighted by Gasteiger charge is 2.19. The van der Waals surface area contributed by atoms with Crippen LogP contribution in [0.2, 0.25) is 0 Å². The standard InChI is InChI=1S/C24H24N4O2/c1-15-8-9-18(10-16(15)2)26-13-19(29)14-27-21-6-4-5-7-22(21)28-23(30)11-17(3)20(12-25)24(27)28/h4-11,19,26,29H,13-14H2,1-3H3/t19-/m1/s1. The molecule has 0 aliphatic rings. The van der Waals surface area contributed by atoms with Gasteiger partial charge in [-0.15, -0.1) is 0 Å². The van der Waals surface area contributed by atoms with Crippen molar-refractivity contribution in [3.8, 4) is 6.07 Å². The molecule has 0 aliphatic carbocycles. The van der Waals surface area contributed by atoms with Crippen LogP contribution in [0.3, 0.4) is 0 Å². The van der Waals surface area contributed by atoms with Gasteiger partial charge < -0.3 is 15.0 Å². The van der Waals surface area contributed by atoms with Crippen LogP contribution < -0.4 is 10.9 Å². The Kier molecular flexibility index (Phi) is 5.06. The number of nitrogens with zero attached hydrogens (tertiary/aromatic N) is 3. The van der Waals surface area contributed by atoms with Crippen LogP contribution >= 0.6 is 0 Å². The predicted octanol–water partition coefficient (Wildman–Crippen LogP) is 3.52. The molecule has 0 fully saturated rings. The number of nitriles is 1. The van der Waals surface area contributed by atoms with Gasteiger partial charge in [-0.2, -0.15) is 5.26 Å². The molecule has 30 heavy (non-hydrogen) atoms. The van der Waals surface area contributed by atoms with Crippen LogP contribution in [0.5, 0.6) is 0 Å². The number of nitrogens with one attached hydrogen (secondary N) is 1. The molecule has 2 N–H and O–H groups in total. The van der Waals surface area contributed by atoms with E-state index >= 15 is 0 Å². The monoisotopic (exact) mass is 400 g/mol. The third kappa shape index (κ3) is 3.34. The molecule has 0 saturated carbocycles. The Morgan fingerprint density at radius 1 is 1.03 bits per heavy atom. The fourth-order valence-electron chi connectivity index (χ4n) is 3.88. The smallest absolute Gasteiger partial charge is 0.257 e. The first-order valence-electron chi connectivity index (χ1n) is 9.93. The average Bonchev–Trinajstić information content (AvgIpc) is 3.04. The number of imidazole rings is 1. The first kappa shape index (κ1) is 19.7. The Morgan fingerprint density at radius 3 is 2.47 bits per heavy atom. The molecule has 0 unspecified atom stereocenters. The fraction of sp³-hybridized carbons (Fsp3) is 0.250. The second-order valence-electron chi connectivity index (χ2n) is 7.74. The van der Waals surface area contributed by atoms with Crippen molar-refractivity contribution in [1.29, 1.82) is 5.26 Å². The summed E-state index contributed by atoms with van der Waals surface area (Å²) in [4.78, 5) is 12.7. The first-order chi connectivity index (χ1) is 14.4. The minimum atomic E-state index is -0.714. The Balaban J connectivity index is 1.73. The number of benzene rings is 2. The van der Waals surface area contributed by atoms with Crippen LogP contribution in [-0.4, -0.2) is 26.7 Å². The molecule has 0 amide bonds. The maximum Gasteiger partial charge on any atom is 0.257 e. The van der Waals surface area contributed by atoms with Crippen molar-refractivity contribution in [2.75, 3.05) is 11.9 Å². The molecule has 0 spiro atoms. The van der Waals surface area contributed by atoms with E-state index in [0.29, 0.717) is 23.3 Å². The molecule has 0 aliphatic heterocycles. The first-order valence-corrected chi connectivity index (χ1v) is 9.93. The van der Waals surface area contributed by atoms with Crippen LogP contribution in [0, 0.1) is 32.1 Å². The second-order valence-corrected chi connectivity index (χ2v) is 7.74. The Bertz CT molecular complexity index is 1360. The molecular formula is C24H24N4O2. The molecule has 2 aromatic carbocycles. The molecule has 4 aromatic rings. The third-order valence-corrected chi connectivity index (χ3v) is 5.61. The highest BCUT2D eigenvalue weighted by Crippen LogP contribution is 2.24. The van der Waals surface area contributed by atoms with Crippen LogP contribution in [-0.2, 0) is 6.54 Å². The molecule has 0 bridgehead atoms. The van der Waals surface area contributed by atoms with Crippen LogP contribution in [0.25, 0.3) is 16.7 Å². The molecular weight excluding hydrogens is 376 g/mol. The summed E-state index contributed by atoms with van der Waals surface area (Å²) in [7, 11) is 0. The van der Waals surface area contributed by atoms with E-state index in [1.54, 1.807) is 11.3 Å². The summed E-state index contributed by atoms with van der Waals surface area (Å²) in [5.41, 5.74) is 6.30. The number of aliphatic hydroxyl groups is 1. The lowest BCUT2D eigenvalue weighted by Crippen LogP contribution is -2.25. The van der Waals surface area contributed by atoms with Gasteiger partial charge in [-0.3, -0.25) is 9.20 Å². The van der Waals surface area contributed by atoms with Crippen LogP contribution in [0.1, 0.15) is 22.3 Å². The topological polar surface area (TPSA) is 82.5 Å². The molecule has 152 valence electrons. The van der Waals surface area contributed by atoms with Gasteiger partial charge in [0.25, 0.3) is 5.56 Å². The highest BCUT2D eigenvalue weighted by atomic mass is 16.3. The van der Waals surface area contributed by atoms with Gasteiger partial charge in [0.05, 0.1) is 29.2 Å². The molecule has 6 heteroatoms. The summed E-state index contributed by atoms with van der Waals surface area (Å²) in [6.45, 7) is 6.48. The van der Waals surface area contributed by atoms with Crippen molar-refractivity contribution in [3.05, 3.63) is 81.1 Å². The number of rotatable bonds is 5. The predicted molar refractivity (Wildman–Crippen MR) is 119 cm³/mol. The molecule has 4 rings (SSSR count). The summed E-state index contributed by atoms with van der Waals surface area (Å²) in [5, 5.41) is 23.8. The highest BCUT2D eigenvalue weighted by molar-refractivity contribution is 5.84. The van der Waals surface area contributed by atoms with E-state index in [4.69, 9.17) is 0 Å². The van der Waals surface area contributed by atoms with Crippen molar-refractivity contribution >= 4 is 22.4 Å². The zero-order valence-corrected chi connectivity index (χ0v) is 17.3. The Morgan fingerprint density at radius 2 is 1.77 bits per heavy atom. The average molecular weight is 400 g/mol. The van der Waals surface area contributed by atoms with Crippen molar-refractivity contribution < 1.29 is 5.11 Å². The van der Waals surface area contributed by atoms with Crippen molar-refractivity contribution in [2.45, 2.75) is 33.4 Å². The van der Waals surface area contributed by atoms with Crippen molar-refractivity contribution in [1.82, 2.24) is 8.97 Å². The lowest BCUT2D eigenvalue weighted by atomic mass is 10.1. The maximum absolute atomic E-state index is 12.7. The molecule has 6 nitrogen and oxygen atoms in total. The SMILES string of the molecule is Cc1ccc(NC[C@@H](O)Cn2c3ccccc3n3c(=O)cc(C)c(C#N)c23)cc1C. The Hall–Kier alpha value is -3.56. The van der Waals surface area contributed by atoms with Gasteiger partial charge in [-0.25, -0.2) is 0 Å². The quantitative estimate of drug-likeness (QED) is 0.537. The fourth-order valence-corrected chi connectivity index (χ4v) is 3.88. The number of hydrogen-bond donors (Lipinski definition) is 2. The van der Waals surface area contributed by atoms with Crippen LogP contribution in [0.15, 0.2) is 53.3 Å². The second kappa shape index (κ2) is 7.69. The van der Waals surface area contributed by atoms with Gasteiger partial charge in [0.15, 0.2) is 0 Å². The van der Waals surface area contributed by atoms with E-state index < -0.39 is 6.10 Å². The van der Waals surface area contributed by atoms with E-state index in [-0.39, 0.29) is 12.1 Å². The number of hydrogen-bond acceptors (Lipinski definition) is 4. The van der Waals surface area contributed by atoms with E-state index in [1.165, 1.54) is 17.2 Å². The number of aliphatic hydroxyl groups excluding tert-OH is 1. The summed E-state index contributed by atoms with van der Waals surface area (Å²) >= 11 is 0. The molecule has 2 heterocycles. The lowest BCUT2D eigenvalue weighted by Gasteiger charge is -2.16. The third-order valence-electron chi connectivity index (χ3n) is 5.61. The van der Waals surface area contributed by atoms with E-state index in [2.05, 4.69) is 31.3 Å².